The summed E-state index contributed by atoms with van der Waals surface area (Å²) in [7, 11) is 1.64. The first kappa shape index (κ1) is 25.9. The van der Waals surface area contributed by atoms with Crippen molar-refractivity contribution >= 4 is 11.9 Å². The molecule has 2 heterocycles. The molecule has 1 fully saturated rings. The number of Topliss-reactive ketones (excluding diaryl/α,β-unsaturated/α-hetero) is 1. The molecule has 0 radical (unpaired) electrons. The third-order valence-electron chi connectivity index (χ3n) is 6.54. The van der Waals surface area contributed by atoms with Gasteiger partial charge in [-0.15, -0.1) is 0 Å². The summed E-state index contributed by atoms with van der Waals surface area (Å²) in [4.78, 5) is 18.8. The standard InChI is InChI=1S/C30H32FN3O3/c1-6-7-27-29(17-23-8-13-26(28(16-23)36-5)33-19-21(2)32-20-33)37-15-14-34(27)30(4,18-22(3)35)24-9-11-25(31)12-10-24/h6-13,16-17,19-20H,1,14-15,18H2,2-5H3/b27-7+,29-17-. The number of aromatic nitrogens is 2. The zero-order valence-electron chi connectivity index (χ0n) is 21.7. The number of nitrogens with zero attached hydrogens (tertiary/aromatic N) is 3. The largest absolute Gasteiger partial charge is 0.495 e. The summed E-state index contributed by atoms with van der Waals surface area (Å²) in [5.74, 6) is 1.07. The highest BCUT2D eigenvalue weighted by molar-refractivity contribution is 5.77. The Hall–Kier alpha value is -4.13. The number of carbonyl (C=O) groups is 1. The first-order valence-corrected chi connectivity index (χ1v) is 12.1. The van der Waals surface area contributed by atoms with E-state index in [-0.39, 0.29) is 18.0 Å². The molecular weight excluding hydrogens is 469 g/mol. The average Bonchev–Trinajstić information content (AvgIpc) is 3.30. The maximum Gasteiger partial charge on any atom is 0.143 e. The van der Waals surface area contributed by atoms with Crippen molar-refractivity contribution in [3.63, 3.8) is 0 Å². The molecule has 1 atom stereocenters. The highest BCUT2D eigenvalue weighted by Crippen LogP contribution is 2.40. The SMILES string of the molecule is C=C/C=C1\C(=C\c2ccc(-n3cnc(C)c3)c(OC)c2)OCCN1C(C)(CC(C)=O)c1ccc(F)cc1. The minimum atomic E-state index is -0.710. The number of morpholine rings is 1. The predicted octanol–water partition coefficient (Wildman–Crippen LogP) is 5.97. The van der Waals surface area contributed by atoms with Crippen LogP contribution < -0.4 is 4.74 Å². The zero-order chi connectivity index (χ0) is 26.6. The maximum atomic E-state index is 13.7. The van der Waals surface area contributed by atoms with Crippen LogP contribution in [0.3, 0.4) is 0 Å². The summed E-state index contributed by atoms with van der Waals surface area (Å²) in [6.07, 6.45) is 9.48. The van der Waals surface area contributed by atoms with E-state index in [1.165, 1.54) is 12.1 Å². The van der Waals surface area contributed by atoms with E-state index in [4.69, 9.17) is 9.47 Å². The summed E-state index contributed by atoms with van der Waals surface area (Å²) in [6, 6.07) is 12.2. The molecule has 1 aliphatic heterocycles. The number of hydrogen-bond donors (Lipinski definition) is 0. The molecule has 3 aromatic rings. The van der Waals surface area contributed by atoms with E-state index in [1.807, 2.05) is 55.0 Å². The number of carbonyl (C=O) groups excluding carboxylic acids is 1. The van der Waals surface area contributed by atoms with Gasteiger partial charge in [0.1, 0.15) is 29.7 Å². The van der Waals surface area contributed by atoms with E-state index in [0.717, 1.165) is 28.2 Å². The van der Waals surface area contributed by atoms with Gasteiger partial charge in [-0.2, -0.15) is 0 Å². The van der Waals surface area contributed by atoms with Gasteiger partial charge in [0.15, 0.2) is 0 Å². The summed E-state index contributed by atoms with van der Waals surface area (Å²) in [6.45, 7) is 10.4. The molecular formula is C30H32FN3O3. The molecule has 2 aromatic carbocycles. The lowest BCUT2D eigenvalue weighted by Crippen LogP contribution is -2.48. The van der Waals surface area contributed by atoms with Crippen LogP contribution in [0.25, 0.3) is 11.8 Å². The van der Waals surface area contributed by atoms with Gasteiger partial charge in [0.05, 0.1) is 42.6 Å². The Morgan fingerprint density at radius 1 is 1.27 bits per heavy atom. The van der Waals surface area contributed by atoms with Gasteiger partial charge >= 0.3 is 0 Å². The lowest BCUT2D eigenvalue weighted by molar-refractivity contribution is -0.120. The van der Waals surface area contributed by atoms with Crippen LogP contribution >= 0.6 is 0 Å². The molecule has 0 aliphatic carbocycles. The first-order chi connectivity index (χ1) is 17.7. The van der Waals surface area contributed by atoms with Crippen molar-refractivity contribution in [3.8, 4) is 11.4 Å². The van der Waals surface area contributed by atoms with E-state index < -0.39 is 5.54 Å². The van der Waals surface area contributed by atoms with E-state index in [0.29, 0.717) is 24.7 Å². The quantitative estimate of drug-likeness (QED) is 0.381. The van der Waals surface area contributed by atoms with Gasteiger partial charge in [-0.3, -0.25) is 4.79 Å². The maximum absolute atomic E-state index is 13.7. The Balaban J connectivity index is 1.76. The van der Waals surface area contributed by atoms with Crippen molar-refractivity contribution in [1.82, 2.24) is 14.5 Å². The van der Waals surface area contributed by atoms with Crippen LogP contribution in [0.15, 0.2) is 85.2 Å². The number of hydrogen-bond acceptors (Lipinski definition) is 5. The molecule has 4 rings (SSSR count). The molecule has 1 unspecified atom stereocenters. The highest BCUT2D eigenvalue weighted by Gasteiger charge is 2.39. The van der Waals surface area contributed by atoms with Crippen LogP contribution in [0.2, 0.25) is 0 Å². The summed E-state index contributed by atoms with van der Waals surface area (Å²) in [5.41, 5.74) is 3.61. The number of rotatable bonds is 8. The van der Waals surface area contributed by atoms with Crippen LogP contribution in [0.5, 0.6) is 5.75 Å². The number of halogens is 1. The Labute approximate surface area is 217 Å². The van der Waals surface area contributed by atoms with E-state index >= 15 is 0 Å². The second kappa shape index (κ2) is 10.9. The molecule has 1 saturated heterocycles. The number of ketones is 1. The van der Waals surface area contributed by atoms with Crippen molar-refractivity contribution in [2.75, 3.05) is 20.3 Å². The molecule has 0 saturated carbocycles. The van der Waals surface area contributed by atoms with Gasteiger partial charge in [-0.1, -0.05) is 30.9 Å². The molecule has 6 nitrogen and oxygen atoms in total. The van der Waals surface area contributed by atoms with Crippen molar-refractivity contribution in [2.24, 2.45) is 0 Å². The Morgan fingerprint density at radius 2 is 2.03 bits per heavy atom. The fourth-order valence-corrected chi connectivity index (χ4v) is 4.83. The van der Waals surface area contributed by atoms with Crippen molar-refractivity contribution in [2.45, 2.75) is 32.7 Å². The van der Waals surface area contributed by atoms with E-state index in [9.17, 15) is 9.18 Å². The predicted molar refractivity (Wildman–Crippen MR) is 143 cm³/mol. The number of aryl methyl sites for hydroxylation is 1. The molecule has 0 amide bonds. The summed E-state index contributed by atoms with van der Waals surface area (Å²) in [5, 5.41) is 0. The third kappa shape index (κ3) is 5.50. The van der Waals surface area contributed by atoms with E-state index in [2.05, 4.69) is 16.5 Å². The van der Waals surface area contributed by atoms with Crippen molar-refractivity contribution in [1.29, 1.82) is 0 Å². The summed E-state index contributed by atoms with van der Waals surface area (Å²) < 4.78 is 27.4. The minimum absolute atomic E-state index is 0.0388. The number of benzene rings is 2. The van der Waals surface area contributed by atoms with Gasteiger partial charge < -0.3 is 18.9 Å². The van der Waals surface area contributed by atoms with Crippen molar-refractivity contribution < 1.29 is 18.7 Å². The van der Waals surface area contributed by atoms with Crippen LogP contribution in [0, 0.1) is 12.7 Å². The van der Waals surface area contributed by atoms with Crippen LogP contribution in [0.4, 0.5) is 4.39 Å². The molecule has 1 aromatic heterocycles. The fourth-order valence-electron chi connectivity index (χ4n) is 4.83. The van der Waals surface area contributed by atoms with Crippen molar-refractivity contribution in [3.05, 3.63) is 108 Å². The molecule has 0 spiro atoms. The molecule has 1 aliphatic rings. The minimum Gasteiger partial charge on any atom is -0.495 e. The zero-order valence-corrected chi connectivity index (χ0v) is 21.7. The Morgan fingerprint density at radius 3 is 2.65 bits per heavy atom. The lowest BCUT2D eigenvalue weighted by atomic mass is 9.84. The van der Waals surface area contributed by atoms with Crippen LogP contribution in [-0.4, -0.2) is 40.5 Å². The van der Waals surface area contributed by atoms with Gasteiger partial charge in [0, 0.05) is 12.6 Å². The van der Waals surface area contributed by atoms with Crippen LogP contribution in [0.1, 0.15) is 37.1 Å². The van der Waals surface area contributed by atoms with Gasteiger partial charge in [0.25, 0.3) is 0 Å². The molecule has 7 heteroatoms. The fraction of sp³-hybridized carbons (Fsp3) is 0.267. The lowest BCUT2D eigenvalue weighted by Gasteiger charge is -2.47. The van der Waals surface area contributed by atoms with E-state index in [1.54, 1.807) is 38.6 Å². The smallest absolute Gasteiger partial charge is 0.143 e. The monoisotopic (exact) mass is 501 g/mol. The third-order valence-corrected chi connectivity index (χ3v) is 6.54. The van der Waals surface area contributed by atoms with Crippen LogP contribution in [-0.2, 0) is 15.1 Å². The Bertz CT molecular complexity index is 1360. The highest BCUT2D eigenvalue weighted by atomic mass is 19.1. The topological polar surface area (TPSA) is 56.6 Å². The molecule has 0 N–H and O–H groups in total. The first-order valence-electron chi connectivity index (χ1n) is 12.1. The molecule has 37 heavy (non-hydrogen) atoms. The summed E-state index contributed by atoms with van der Waals surface area (Å²) >= 11 is 0. The second-order valence-electron chi connectivity index (χ2n) is 9.31. The van der Waals surface area contributed by atoms with Gasteiger partial charge in [-0.05, 0) is 68.3 Å². The van der Waals surface area contributed by atoms with Gasteiger partial charge in [-0.25, -0.2) is 9.37 Å². The Kier molecular flexibility index (Phi) is 7.62. The second-order valence-corrected chi connectivity index (χ2v) is 9.31. The molecule has 192 valence electrons. The molecule has 0 bridgehead atoms. The average molecular weight is 502 g/mol. The number of imidazole rings is 1. The number of ether oxygens (including phenoxy) is 2. The van der Waals surface area contributed by atoms with Gasteiger partial charge in [0.2, 0.25) is 0 Å². The normalized spacial score (nSPS) is 17.4. The number of methoxy groups -OCH3 is 1. The number of allylic oxidation sites excluding steroid dienone is 2.